The molecule has 2 aromatic carbocycles. The lowest BCUT2D eigenvalue weighted by Gasteiger charge is -2.58. The van der Waals surface area contributed by atoms with Gasteiger partial charge < -0.3 is 30.9 Å². The number of quaternary nitrogens is 1. The highest BCUT2D eigenvalue weighted by molar-refractivity contribution is 5.82. The number of hydrogen-bond donors (Lipinski definition) is 0. The first kappa shape index (κ1) is 33.2. The Labute approximate surface area is 270 Å². The highest BCUT2D eigenvalue weighted by Gasteiger charge is 2.54. The number of fused-ring (bicyclic) bond motifs is 4. The molecule has 6 rings (SSSR count). The van der Waals surface area contributed by atoms with Gasteiger partial charge in [-0.1, -0.05) is 71.7 Å². The van der Waals surface area contributed by atoms with Crippen molar-refractivity contribution in [3.05, 3.63) is 83.6 Å². The van der Waals surface area contributed by atoms with Gasteiger partial charge in [0, 0.05) is 47.0 Å². The number of halogens is 1. The Morgan fingerprint density at radius 2 is 1.77 bits per heavy atom. The van der Waals surface area contributed by atoms with Gasteiger partial charge in [0.1, 0.15) is 31.0 Å². The van der Waals surface area contributed by atoms with Crippen LogP contribution in [0.4, 0.5) is 0 Å². The first-order valence-corrected chi connectivity index (χ1v) is 15.5. The van der Waals surface area contributed by atoms with E-state index in [1.165, 1.54) is 28.7 Å². The van der Waals surface area contributed by atoms with Crippen molar-refractivity contribution in [2.45, 2.75) is 83.9 Å². The van der Waals surface area contributed by atoms with E-state index in [0.717, 1.165) is 47.2 Å². The third kappa shape index (κ3) is 6.44. The summed E-state index contributed by atoms with van der Waals surface area (Å²) in [6, 6.07) is 15.7. The molecule has 0 aliphatic carbocycles. The molecule has 3 fully saturated rings. The van der Waals surface area contributed by atoms with Gasteiger partial charge in [-0.25, -0.2) is 0 Å². The van der Waals surface area contributed by atoms with Gasteiger partial charge in [-0.2, -0.15) is 0 Å². The Morgan fingerprint density at radius 3 is 2.37 bits per heavy atom. The molecule has 2 bridgehead atoms. The lowest BCUT2D eigenvalue weighted by Crippen LogP contribution is -3.00. The van der Waals surface area contributed by atoms with Crippen molar-refractivity contribution in [2.24, 2.45) is 11.8 Å². The summed E-state index contributed by atoms with van der Waals surface area (Å²) in [7, 11) is 1.81. The number of pyridine rings is 1. The average molecular weight is 646 g/mol. The number of terminal acetylenes is 1. The van der Waals surface area contributed by atoms with E-state index in [2.05, 4.69) is 108 Å². The molecule has 5 atom stereocenters. The van der Waals surface area contributed by atoms with Crippen LogP contribution in [-0.4, -0.2) is 42.3 Å². The van der Waals surface area contributed by atoms with Crippen molar-refractivity contribution in [3.63, 3.8) is 0 Å². The predicted octanol–water partition coefficient (Wildman–Crippen LogP) is 5.14. The van der Waals surface area contributed by atoms with E-state index in [1.54, 1.807) is 0 Å². The van der Waals surface area contributed by atoms with Crippen LogP contribution in [0, 0.1) is 24.2 Å². The largest absolute Gasteiger partial charge is 1.00 e. The lowest BCUT2D eigenvalue weighted by atomic mass is 9.70. The number of hydrogen-bond acceptors (Lipinski definition) is 3. The van der Waals surface area contributed by atoms with Gasteiger partial charge in [0.25, 0.3) is 0 Å². The predicted molar refractivity (Wildman–Crippen MR) is 174 cm³/mol. The maximum atomic E-state index is 6.68. The van der Waals surface area contributed by atoms with Crippen molar-refractivity contribution in [3.8, 4) is 18.1 Å². The standard InChI is InChI=1S/C38H49N2O2.BrH/c1-10-20-42-35(30-16-18-39-33-15-13-12-14-29(30)33)34-23-28-17-19-40(34,25-27(28)11-2)24-26-21-31(37(3,4)5)36(41-9)32(22-26)38(6,7)8;/h1,11-16,18,21-22,27-28,34-35H,2,17,19-20,23-25H2,3-9H3;1H/q+1;/p-1/t27?,28?,34?,35-,40?;/m0./s1. The summed E-state index contributed by atoms with van der Waals surface area (Å²) in [4.78, 5) is 4.66. The molecule has 3 saturated heterocycles. The highest BCUT2D eigenvalue weighted by atomic mass is 79.9. The molecule has 1 aromatic heterocycles. The summed E-state index contributed by atoms with van der Waals surface area (Å²) >= 11 is 0. The molecule has 0 saturated carbocycles. The van der Waals surface area contributed by atoms with Gasteiger partial charge in [-0.3, -0.25) is 4.98 Å². The molecule has 0 amide bonds. The van der Waals surface area contributed by atoms with Crippen LogP contribution in [0.3, 0.4) is 0 Å². The molecular formula is C38H49BrN2O2. The zero-order valence-corrected chi connectivity index (χ0v) is 28.7. The molecule has 0 spiro atoms. The molecule has 5 heteroatoms. The second-order valence-electron chi connectivity index (χ2n) is 14.6. The summed E-state index contributed by atoms with van der Waals surface area (Å²) in [6.45, 7) is 21.4. The van der Waals surface area contributed by atoms with E-state index in [4.69, 9.17) is 15.9 Å². The van der Waals surface area contributed by atoms with Crippen molar-refractivity contribution >= 4 is 10.9 Å². The molecule has 230 valence electrons. The summed E-state index contributed by atoms with van der Waals surface area (Å²) in [5, 5.41) is 1.15. The molecule has 4 nitrogen and oxygen atoms in total. The lowest BCUT2D eigenvalue weighted by molar-refractivity contribution is -0.985. The summed E-state index contributed by atoms with van der Waals surface area (Å²) in [5.41, 5.74) is 6.01. The molecule has 3 aromatic rings. The summed E-state index contributed by atoms with van der Waals surface area (Å²) in [6.07, 6.45) is 12.1. The fourth-order valence-corrected chi connectivity index (χ4v) is 7.75. The van der Waals surface area contributed by atoms with Crippen LogP contribution in [0.15, 0.2) is 61.3 Å². The van der Waals surface area contributed by atoms with E-state index < -0.39 is 0 Å². The van der Waals surface area contributed by atoms with Gasteiger partial charge in [-0.15, -0.1) is 13.0 Å². The summed E-state index contributed by atoms with van der Waals surface area (Å²) in [5.74, 6) is 4.90. The minimum atomic E-state index is -0.120. The molecule has 43 heavy (non-hydrogen) atoms. The fourth-order valence-electron chi connectivity index (χ4n) is 7.75. The Bertz CT molecular complexity index is 1450. The number of ether oxygens (including phenoxy) is 2. The van der Waals surface area contributed by atoms with Gasteiger partial charge in [0.15, 0.2) is 0 Å². The average Bonchev–Trinajstić information content (AvgIpc) is 2.96. The summed E-state index contributed by atoms with van der Waals surface area (Å²) < 4.78 is 13.8. The first-order chi connectivity index (χ1) is 19.9. The van der Waals surface area contributed by atoms with Crippen LogP contribution >= 0.6 is 0 Å². The normalized spacial score (nSPS) is 24.2. The minimum absolute atomic E-state index is 0. The van der Waals surface area contributed by atoms with Gasteiger partial charge >= 0.3 is 0 Å². The van der Waals surface area contributed by atoms with Crippen LogP contribution in [0.25, 0.3) is 10.9 Å². The van der Waals surface area contributed by atoms with E-state index in [0.29, 0.717) is 11.8 Å². The van der Waals surface area contributed by atoms with Crippen LogP contribution in [0.2, 0.25) is 0 Å². The SMILES string of the molecule is C#CCO[C@@H](c1ccnc2ccccc12)C1CC2CC[N+]1(Cc1cc(C(C)(C)C)c(OC)c(C(C)(C)C)c1)CC2C=C.[Br-]. The number of piperidine rings is 3. The first-order valence-electron chi connectivity index (χ1n) is 15.5. The second kappa shape index (κ2) is 12.8. The molecule has 3 aliphatic rings. The maximum Gasteiger partial charge on any atom is 0.136 e. The Balaban J connectivity index is 0.00000423. The third-order valence-electron chi connectivity index (χ3n) is 9.83. The smallest absolute Gasteiger partial charge is 0.136 e. The van der Waals surface area contributed by atoms with E-state index in [9.17, 15) is 0 Å². The molecule has 3 aliphatic heterocycles. The topological polar surface area (TPSA) is 31.4 Å². The number of aromatic nitrogens is 1. The van der Waals surface area contributed by atoms with Crippen molar-refractivity contribution in [1.82, 2.24) is 4.98 Å². The number of benzene rings is 2. The second-order valence-corrected chi connectivity index (χ2v) is 14.6. The van der Waals surface area contributed by atoms with Crippen LogP contribution < -0.4 is 21.7 Å². The maximum absolute atomic E-state index is 6.68. The Hall–Kier alpha value is -2.65. The molecular weight excluding hydrogens is 596 g/mol. The zero-order valence-electron chi connectivity index (χ0n) is 27.1. The molecule has 4 unspecified atom stereocenters. The van der Waals surface area contributed by atoms with Crippen LogP contribution in [-0.2, 0) is 22.1 Å². The van der Waals surface area contributed by atoms with Crippen molar-refractivity contribution < 1.29 is 30.9 Å². The number of methoxy groups -OCH3 is 1. The fraction of sp³-hybridized carbons (Fsp3) is 0.500. The monoisotopic (exact) mass is 644 g/mol. The number of para-hydroxylation sites is 1. The van der Waals surface area contributed by atoms with Gasteiger partial charge in [-0.05, 0) is 46.6 Å². The van der Waals surface area contributed by atoms with Crippen LogP contribution in [0.5, 0.6) is 5.75 Å². The Morgan fingerprint density at radius 1 is 1.09 bits per heavy atom. The highest BCUT2D eigenvalue weighted by Crippen LogP contribution is 2.50. The van der Waals surface area contributed by atoms with Gasteiger partial charge in [0.05, 0.1) is 25.7 Å². The molecule has 0 N–H and O–H groups in total. The van der Waals surface area contributed by atoms with E-state index in [1.807, 2.05) is 13.3 Å². The molecule has 0 radical (unpaired) electrons. The Kier molecular flexibility index (Phi) is 9.86. The zero-order chi connectivity index (χ0) is 30.3. The quantitative estimate of drug-likeness (QED) is 0.193. The minimum Gasteiger partial charge on any atom is -1.00 e. The number of rotatable bonds is 8. The van der Waals surface area contributed by atoms with Gasteiger partial charge in [0.2, 0.25) is 0 Å². The third-order valence-corrected chi connectivity index (χ3v) is 9.83. The molecule has 4 heterocycles. The van der Waals surface area contributed by atoms with E-state index in [-0.39, 0.29) is 46.6 Å². The van der Waals surface area contributed by atoms with Crippen LogP contribution in [0.1, 0.15) is 82.7 Å². The van der Waals surface area contributed by atoms with Crippen molar-refractivity contribution in [1.29, 1.82) is 0 Å². The van der Waals surface area contributed by atoms with Crippen molar-refractivity contribution in [2.75, 3.05) is 26.8 Å². The van der Waals surface area contributed by atoms with E-state index >= 15 is 0 Å². The number of nitrogens with zero attached hydrogens (tertiary/aromatic N) is 2.